The maximum absolute atomic E-state index is 11.1. The van der Waals surface area contributed by atoms with Gasteiger partial charge in [-0.15, -0.1) is 0 Å². The zero-order valence-electron chi connectivity index (χ0n) is 9.18. The largest absolute Gasteiger partial charge is 0.469 e. The second kappa shape index (κ2) is 4.47. The van der Waals surface area contributed by atoms with E-state index in [1.807, 2.05) is 13.0 Å². The first kappa shape index (κ1) is 10.9. The summed E-state index contributed by atoms with van der Waals surface area (Å²) in [6, 6.07) is 3.60. The van der Waals surface area contributed by atoms with E-state index in [9.17, 15) is 9.59 Å². The van der Waals surface area contributed by atoms with Crippen molar-refractivity contribution >= 4 is 12.6 Å². The molecular formula is C13H14O3. The van der Waals surface area contributed by atoms with Crippen LogP contribution in [0.2, 0.25) is 0 Å². The van der Waals surface area contributed by atoms with Gasteiger partial charge in [0.25, 0.3) is 0 Å². The number of aldehydes is 2. The average molecular weight is 218 g/mol. The Labute approximate surface area is 94.1 Å². The Hall–Kier alpha value is -1.64. The Morgan fingerprint density at radius 2 is 2.25 bits per heavy atom. The lowest BCUT2D eigenvalue weighted by molar-refractivity contribution is -0.112. The van der Waals surface area contributed by atoms with Gasteiger partial charge >= 0.3 is 0 Å². The molecule has 0 saturated carbocycles. The van der Waals surface area contributed by atoms with Gasteiger partial charge in [-0.2, -0.15) is 0 Å². The zero-order valence-corrected chi connectivity index (χ0v) is 9.18. The zero-order chi connectivity index (χ0) is 11.5. The fraction of sp³-hybridized carbons (Fsp3) is 0.385. The molecule has 2 rings (SSSR count). The summed E-state index contributed by atoms with van der Waals surface area (Å²) in [6.45, 7) is 1.95. The van der Waals surface area contributed by atoms with E-state index in [4.69, 9.17) is 4.42 Å². The van der Waals surface area contributed by atoms with Crippen molar-refractivity contribution in [2.75, 3.05) is 0 Å². The van der Waals surface area contributed by atoms with Gasteiger partial charge in [0.2, 0.25) is 0 Å². The first-order chi connectivity index (χ1) is 7.77. The normalized spacial score (nSPS) is 25.6. The van der Waals surface area contributed by atoms with Crippen molar-refractivity contribution in [3.63, 3.8) is 0 Å². The molecule has 0 spiro atoms. The van der Waals surface area contributed by atoms with Crippen molar-refractivity contribution in [1.82, 2.24) is 0 Å². The summed E-state index contributed by atoms with van der Waals surface area (Å²) in [6.07, 6.45) is 4.97. The molecule has 0 aliphatic heterocycles. The van der Waals surface area contributed by atoms with E-state index in [1.165, 1.54) is 0 Å². The van der Waals surface area contributed by atoms with Gasteiger partial charge < -0.3 is 9.21 Å². The molecule has 1 heterocycles. The SMILES string of the molecule is CC1=C(C=O)[C@@H](c2ccco2)[C@H](C=O)CC1. The molecular weight excluding hydrogens is 204 g/mol. The molecule has 0 unspecified atom stereocenters. The fourth-order valence-corrected chi connectivity index (χ4v) is 2.34. The van der Waals surface area contributed by atoms with E-state index >= 15 is 0 Å². The van der Waals surface area contributed by atoms with Gasteiger partial charge in [0.05, 0.1) is 12.2 Å². The highest BCUT2D eigenvalue weighted by Gasteiger charge is 2.32. The second-order valence-electron chi connectivity index (χ2n) is 4.19. The summed E-state index contributed by atoms with van der Waals surface area (Å²) < 4.78 is 5.33. The van der Waals surface area contributed by atoms with Crippen LogP contribution in [-0.2, 0) is 9.59 Å². The van der Waals surface area contributed by atoms with Crippen molar-refractivity contribution in [3.05, 3.63) is 35.3 Å². The molecule has 0 amide bonds. The molecule has 2 atom stereocenters. The van der Waals surface area contributed by atoms with E-state index in [2.05, 4.69) is 0 Å². The van der Waals surface area contributed by atoms with Crippen molar-refractivity contribution < 1.29 is 14.0 Å². The van der Waals surface area contributed by atoms with Gasteiger partial charge in [-0.05, 0) is 31.9 Å². The summed E-state index contributed by atoms with van der Waals surface area (Å²) in [5.41, 5.74) is 1.77. The minimum absolute atomic E-state index is 0.143. The number of carbonyl (C=O) groups is 2. The summed E-state index contributed by atoms with van der Waals surface area (Å²) in [4.78, 5) is 22.2. The molecule has 0 N–H and O–H groups in total. The molecule has 3 nitrogen and oxygen atoms in total. The lowest BCUT2D eigenvalue weighted by Crippen LogP contribution is -2.22. The number of rotatable bonds is 3. The molecule has 16 heavy (non-hydrogen) atoms. The molecule has 0 bridgehead atoms. The molecule has 0 fully saturated rings. The highest BCUT2D eigenvalue weighted by Crippen LogP contribution is 2.39. The molecule has 1 aliphatic rings. The van der Waals surface area contributed by atoms with Crippen LogP contribution in [0.3, 0.4) is 0 Å². The predicted molar refractivity (Wildman–Crippen MR) is 59.0 cm³/mol. The van der Waals surface area contributed by atoms with E-state index in [-0.39, 0.29) is 11.8 Å². The third-order valence-electron chi connectivity index (χ3n) is 3.26. The second-order valence-corrected chi connectivity index (χ2v) is 4.19. The number of hydrogen-bond acceptors (Lipinski definition) is 3. The molecule has 84 valence electrons. The minimum atomic E-state index is -0.196. The Morgan fingerprint density at radius 1 is 1.44 bits per heavy atom. The third kappa shape index (κ3) is 1.73. The summed E-state index contributed by atoms with van der Waals surface area (Å²) in [7, 11) is 0. The van der Waals surface area contributed by atoms with Crippen molar-refractivity contribution in [3.8, 4) is 0 Å². The highest BCUT2D eigenvalue weighted by molar-refractivity contribution is 5.79. The predicted octanol–water partition coefficient (Wildman–Crippen LogP) is 2.49. The van der Waals surface area contributed by atoms with Crippen LogP contribution in [0, 0.1) is 5.92 Å². The fourth-order valence-electron chi connectivity index (χ4n) is 2.34. The number of carbonyl (C=O) groups excluding carboxylic acids is 2. The van der Waals surface area contributed by atoms with Crippen molar-refractivity contribution in [2.45, 2.75) is 25.7 Å². The van der Waals surface area contributed by atoms with Crippen LogP contribution in [0.15, 0.2) is 34.0 Å². The Balaban J connectivity index is 2.46. The van der Waals surface area contributed by atoms with E-state index in [1.54, 1.807) is 12.3 Å². The van der Waals surface area contributed by atoms with E-state index < -0.39 is 0 Å². The van der Waals surface area contributed by atoms with Crippen LogP contribution in [0.25, 0.3) is 0 Å². The standard InChI is InChI=1S/C13H14O3/c1-9-4-5-10(7-14)13(11(9)8-15)12-3-2-6-16-12/h2-3,6-8,10,13H,4-5H2,1H3/t10-,13-/m0/s1. The van der Waals surface area contributed by atoms with E-state index in [0.29, 0.717) is 11.3 Å². The molecule has 0 saturated heterocycles. The van der Waals surface area contributed by atoms with Gasteiger partial charge in [0.15, 0.2) is 0 Å². The van der Waals surface area contributed by atoms with Crippen LogP contribution in [0.4, 0.5) is 0 Å². The minimum Gasteiger partial charge on any atom is -0.469 e. The van der Waals surface area contributed by atoms with Crippen LogP contribution in [-0.4, -0.2) is 12.6 Å². The molecule has 1 aromatic rings. The molecule has 0 aromatic carbocycles. The van der Waals surface area contributed by atoms with Crippen LogP contribution < -0.4 is 0 Å². The Bertz CT molecular complexity index is 414. The van der Waals surface area contributed by atoms with Gasteiger partial charge in [0.1, 0.15) is 18.3 Å². The van der Waals surface area contributed by atoms with Crippen molar-refractivity contribution in [2.24, 2.45) is 5.92 Å². The Morgan fingerprint density at radius 3 is 2.81 bits per heavy atom. The number of hydrogen-bond donors (Lipinski definition) is 0. The van der Waals surface area contributed by atoms with Gasteiger partial charge in [-0.3, -0.25) is 4.79 Å². The van der Waals surface area contributed by atoms with Crippen LogP contribution in [0.1, 0.15) is 31.4 Å². The van der Waals surface area contributed by atoms with Crippen LogP contribution in [0.5, 0.6) is 0 Å². The molecule has 0 radical (unpaired) electrons. The smallest absolute Gasteiger partial charge is 0.146 e. The summed E-state index contributed by atoms with van der Waals surface area (Å²) >= 11 is 0. The highest BCUT2D eigenvalue weighted by atomic mass is 16.3. The van der Waals surface area contributed by atoms with Gasteiger partial charge in [0, 0.05) is 11.5 Å². The molecule has 1 aliphatic carbocycles. The third-order valence-corrected chi connectivity index (χ3v) is 3.26. The summed E-state index contributed by atoms with van der Waals surface area (Å²) in [5.74, 6) is 0.368. The lowest BCUT2D eigenvalue weighted by Gasteiger charge is -2.27. The number of allylic oxidation sites excluding steroid dienone is 2. The lowest BCUT2D eigenvalue weighted by atomic mass is 9.75. The van der Waals surface area contributed by atoms with Gasteiger partial charge in [-0.25, -0.2) is 0 Å². The maximum Gasteiger partial charge on any atom is 0.146 e. The van der Waals surface area contributed by atoms with Gasteiger partial charge in [-0.1, -0.05) is 5.57 Å². The molecule has 1 aromatic heterocycles. The van der Waals surface area contributed by atoms with Crippen LogP contribution >= 0.6 is 0 Å². The van der Waals surface area contributed by atoms with Crippen molar-refractivity contribution in [1.29, 1.82) is 0 Å². The summed E-state index contributed by atoms with van der Waals surface area (Å²) in [5, 5.41) is 0. The van der Waals surface area contributed by atoms with E-state index in [0.717, 1.165) is 31.0 Å². The average Bonchev–Trinajstić information content (AvgIpc) is 2.81. The quantitative estimate of drug-likeness (QED) is 0.732. The number of furan rings is 1. The monoisotopic (exact) mass is 218 g/mol. The molecule has 3 heteroatoms. The first-order valence-electron chi connectivity index (χ1n) is 5.41. The first-order valence-corrected chi connectivity index (χ1v) is 5.41. The Kier molecular flexibility index (Phi) is 3.04. The maximum atomic E-state index is 11.1. The topological polar surface area (TPSA) is 47.3 Å².